The lowest BCUT2D eigenvalue weighted by Crippen LogP contribution is -2.14. The molecule has 0 bridgehead atoms. The molecule has 0 aliphatic heterocycles. The summed E-state index contributed by atoms with van der Waals surface area (Å²) in [7, 11) is -3.53. The molecule has 0 unspecified atom stereocenters. The molecule has 0 radical (unpaired) electrons. The van der Waals surface area contributed by atoms with Crippen LogP contribution in [0.4, 0.5) is 0 Å². The molecule has 3 N–H and O–H groups in total. The van der Waals surface area contributed by atoms with Crippen LogP contribution in [0.15, 0.2) is 59.4 Å². The van der Waals surface area contributed by atoms with Gasteiger partial charge in [0.25, 0.3) is 5.56 Å². The standard InChI is InChI=1S/C17H16N2O3S/c18-23(21,22)11-13-7-5-12(6-8-13)9-15-10-14-3-1-2-4-16(14)19-17(15)20/h1-8,10H,9,11H2,(H,19,20)(H2,18,21,22). The first kappa shape index (κ1) is 15.5. The summed E-state index contributed by atoms with van der Waals surface area (Å²) in [5.74, 6) is -0.191. The summed E-state index contributed by atoms with van der Waals surface area (Å²) in [6.07, 6.45) is 0.482. The Kier molecular flexibility index (Phi) is 4.02. The Morgan fingerprint density at radius 3 is 2.30 bits per heavy atom. The first-order valence-corrected chi connectivity index (χ1v) is 8.81. The Morgan fingerprint density at radius 2 is 1.61 bits per heavy atom. The van der Waals surface area contributed by atoms with Crippen LogP contribution in [0.1, 0.15) is 16.7 Å². The normalized spacial score (nSPS) is 11.7. The molecule has 2 aromatic carbocycles. The van der Waals surface area contributed by atoms with Crippen LogP contribution in [0.5, 0.6) is 0 Å². The highest BCUT2D eigenvalue weighted by molar-refractivity contribution is 7.88. The molecule has 3 aromatic rings. The molecule has 0 amide bonds. The quantitative estimate of drug-likeness (QED) is 0.766. The van der Waals surface area contributed by atoms with Crippen LogP contribution < -0.4 is 10.7 Å². The van der Waals surface area contributed by atoms with E-state index in [1.54, 1.807) is 12.1 Å². The number of primary sulfonamides is 1. The zero-order valence-electron chi connectivity index (χ0n) is 12.3. The van der Waals surface area contributed by atoms with Gasteiger partial charge in [-0.1, -0.05) is 42.5 Å². The van der Waals surface area contributed by atoms with Crippen LogP contribution in [0.2, 0.25) is 0 Å². The molecule has 0 fully saturated rings. The summed E-state index contributed by atoms with van der Waals surface area (Å²) in [5.41, 5.74) is 2.93. The van der Waals surface area contributed by atoms with Crippen LogP contribution in [-0.4, -0.2) is 13.4 Å². The van der Waals surface area contributed by atoms with Crippen molar-refractivity contribution >= 4 is 20.9 Å². The third kappa shape index (κ3) is 3.85. The van der Waals surface area contributed by atoms with E-state index in [9.17, 15) is 13.2 Å². The number of hydrogen-bond acceptors (Lipinski definition) is 3. The maximum absolute atomic E-state index is 12.1. The van der Waals surface area contributed by atoms with Crippen molar-refractivity contribution in [3.8, 4) is 0 Å². The van der Waals surface area contributed by atoms with Gasteiger partial charge in [0.1, 0.15) is 0 Å². The summed E-state index contributed by atoms with van der Waals surface area (Å²) in [4.78, 5) is 15.0. The van der Waals surface area contributed by atoms with E-state index in [0.717, 1.165) is 16.5 Å². The number of hydrogen-bond donors (Lipinski definition) is 2. The van der Waals surface area contributed by atoms with Crippen LogP contribution in [0, 0.1) is 0 Å². The largest absolute Gasteiger partial charge is 0.322 e. The third-order valence-corrected chi connectivity index (χ3v) is 4.35. The second-order valence-corrected chi connectivity index (χ2v) is 7.13. The van der Waals surface area contributed by atoms with Crippen LogP contribution in [-0.2, 0) is 22.2 Å². The summed E-state index contributed by atoms with van der Waals surface area (Å²) < 4.78 is 22.2. The Hall–Kier alpha value is -2.44. The van der Waals surface area contributed by atoms with Crippen molar-refractivity contribution in [1.29, 1.82) is 0 Å². The highest BCUT2D eigenvalue weighted by atomic mass is 32.2. The van der Waals surface area contributed by atoms with E-state index in [2.05, 4.69) is 4.98 Å². The molecule has 0 saturated carbocycles. The second-order valence-electron chi connectivity index (χ2n) is 5.51. The Labute approximate surface area is 133 Å². The predicted molar refractivity (Wildman–Crippen MR) is 90.6 cm³/mol. The molecule has 23 heavy (non-hydrogen) atoms. The number of fused-ring (bicyclic) bond motifs is 1. The lowest BCUT2D eigenvalue weighted by atomic mass is 10.0. The molecule has 118 valence electrons. The molecule has 0 atom stereocenters. The number of benzene rings is 2. The number of rotatable bonds is 4. The number of H-pyrrole nitrogens is 1. The first-order chi connectivity index (χ1) is 10.9. The molecule has 0 spiro atoms. The minimum absolute atomic E-state index is 0.114. The molecule has 0 aliphatic carbocycles. The zero-order valence-corrected chi connectivity index (χ0v) is 13.1. The minimum Gasteiger partial charge on any atom is -0.322 e. The number of aromatic amines is 1. The molecular formula is C17H16N2O3S. The van der Waals surface area contributed by atoms with Gasteiger partial charge in [-0.3, -0.25) is 4.79 Å². The van der Waals surface area contributed by atoms with E-state index in [0.29, 0.717) is 17.5 Å². The number of nitrogens with one attached hydrogen (secondary N) is 1. The van der Waals surface area contributed by atoms with Gasteiger partial charge in [-0.25, -0.2) is 13.6 Å². The highest BCUT2D eigenvalue weighted by Crippen LogP contribution is 2.14. The van der Waals surface area contributed by atoms with Gasteiger partial charge in [0, 0.05) is 17.5 Å². The predicted octanol–water partition coefficient (Wildman–Crippen LogP) is 1.91. The van der Waals surface area contributed by atoms with E-state index < -0.39 is 10.0 Å². The number of para-hydroxylation sites is 1. The van der Waals surface area contributed by atoms with Crippen molar-refractivity contribution in [2.45, 2.75) is 12.2 Å². The average molecular weight is 328 g/mol. The number of pyridine rings is 1. The Morgan fingerprint density at radius 1 is 0.957 bits per heavy atom. The van der Waals surface area contributed by atoms with Crippen LogP contribution in [0.3, 0.4) is 0 Å². The van der Waals surface area contributed by atoms with Crippen LogP contribution in [0.25, 0.3) is 10.9 Å². The smallest absolute Gasteiger partial charge is 0.251 e. The molecule has 0 saturated heterocycles. The number of nitrogens with two attached hydrogens (primary N) is 1. The van der Waals surface area contributed by atoms with Crippen LogP contribution >= 0.6 is 0 Å². The Balaban J connectivity index is 1.87. The van der Waals surface area contributed by atoms with E-state index in [1.165, 1.54) is 0 Å². The maximum Gasteiger partial charge on any atom is 0.251 e. The summed E-state index contributed by atoms with van der Waals surface area (Å²) >= 11 is 0. The van der Waals surface area contributed by atoms with Crippen molar-refractivity contribution in [3.05, 3.63) is 81.6 Å². The molecular weight excluding hydrogens is 312 g/mol. The maximum atomic E-state index is 12.1. The number of sulfonamides is 1. The van der Waals surface area contributed by atoms with E-state index in [-0.39, 0.29) is 11.3 Å². The average Bonchev–Trinajstić information content (AvgIpc) is 2.48. The van der Waals surface area contributed by atoms with Gasteiger partial charge < -0.3 is 4.98 Å². The van der Waals surface area contributed by atoms with Gasteiger partial charge in [0.15, 0.2) is 0 Å². The van der Waals surface area contributed by atoms with Gasteiger partial charge in [-0.05, 0) is 28.6 Å². The summed E-state index contributed by atoms with van der Waals surface area (Å²) in [6, 6.07) is 16.6. The minimum atomic E-state index is -3.53. The highest BCUT2D eigenvalue weighted by Gasteiger charge is 2.07. The lowest BCUT2D eigenvalue weighted by molar-refractivity contribution is 0.597. The van der Waals surface area contributed by atoms with E-state index in [4.69, 9.17) is 5.14 Å². The second kappa shape index (κ2) is 5.98. The zero-order chi connectivity index (χ0) is 16.4. The first-order valence-electron chi connectivity index (χ1n) is 7.10. The molecule has 6 heteroatoms. The molecule has 0 aliphatic rings. The fraction of sp³-hybridized carbons (Fsp3) is 0.118. The molecule has 1 heterocycles. The Bertz CT molecular complexity index is 1010. The molecule has 3 rings (SSSR count). The monoisotopic (exact) mass is 328 g/mol. The van der Waals surface area contributed by atoms with Gasteiger partial charge >= 0.3 is 0 Å². The summed E-state index contributed by atoms with van der Waals surface area (Å²) in [6.45, 7) is 0. The SMILES string of the molecule is NS(=O)(=O)Cc1ccc(Cc2cc3ccccc3[nH]c2=O)cc1. The van der Waals surface area contributed by atoms with Gasteiger partial charge in [-0.2, -0.15) is 0 Å². The van der Waals surface area contributed by atoms with E-state index in [1.807, 2.05) is 42.5 Å². The number of aromatic nitrogens is 1. The third-order valence-electron chi connectivity index (χ3n) is 3.62. The lowest BCUT2D eigenvalue weighted by Gasteiger charge is -2.05. The van der Waals surface area contributed by atoms with Gasteiger partial charge in [0.2, 0.25) is 10.0 Å². The fourth-order valence-corrected chi connectivity index (χ4v) is 3.19. The van der Waals surface area contributed by atoms with Crippen molar-refractivity contribution in [2.75, 3.05) is 0 Å². The topological polar surface area (TPSA) is 93.0 Å². The van der Waals surface area contributed by atoms with Gasteiger partial charge in [0.05, 0.1) is 5.75 Å². The molecule has 1 aromatic heterocycles. The van der Waals surface area contributed by atoms with Crippen molar-refractivity contribution in [3.63, 3.8) is 0 Å². The molecule has 5 nitrogen and oxygen atoms in total. The van der Waals surface area contributed by atoms with Crippen molar-refractivity contribution in [1.82, 2.24) is 4.98 Å². The van der Waals surface area contributed by atoms with Crippen molar-refractivity contribution < 1.29 is 8.42 Å². The van der Waals surface area contributed by atoms with Gasteiger partial charge in [-0.15, -0.1) is 0 Å². The fourth-order valence-electron chi connectivity index (χ4n) is 2.53. The van der Waals surface area contributed by atoms with Crippen molar-refractivity contribution in [2.24, 2.45) is 5.14 Å². The van der Waals surface area contributed by atoms with E-state index >= 15 is 0 Å². The summed E-state index contributed by atoms with van der Waals surface area (Å²) in [5, 5.41) is 6.01.